The Morgan fingerprint density at radius 2 is 1.18 bits per heavy atom. The molecule has 84 heavy (non-hydrogen) atoms. The van der Waals surface area contributed by atoms with Crippen LogP contribution in [0.25, 0.3) is 16.1 Å². The lowest BCUT2D eigenvalue weighted by Crippen LogP contribution is -2.32. The monoisotopic (exact) mass is 1140 g/mol. The van der Waals surface area contributed by atoms with Crippen LogP contribution in [0.15, 0.2) is 146 Å². The van der Waals surface area contributed by atoms with E-state index in [4.69, 9.17) is 11.6 Å². The van der Waals surface area contributed by atoms with Crippen LogP contribution in [0.3, 0.4) is 0 Å². The fourth-order valence-electron chi connectivity index (χ4n) is 9.04. The highest BCUT2D eigenvalue weighted by molar-refractivity contribution is 6.31. The van der Waals surface area contributed by atoms with E-state index in [0.29, 0.717) is 44.9 Å². The van der Waals surface area contributed by atoms with E-state index >= 15 is 4.39 Å². The van der Waals surface area contributed by atoms with E-state index in [2.05, 4.69) is 82.1 Å². The zero-order valence-corrected chi connectivity index (χ0v) is 46.0. The summed E-state index contributed by atoms with van der Waals surface area (Å²) in [5, 5.41) is 29.7. The lowest BCUT2D eigenvalue weighted by molar-refractivity contribution is 0.0923. The molecule has 6 heterocycles. The number of hydrogen-bond donors (Lipinski definition) is 4. The molecule has 0 saturated carbocycles. The molecule has 10 rings (SSSR count). The van der Waals surface area contributed by atoms with Crippen molar-refractivity contribution >= 4 is 52.2 Å². The number of rotatable bonds is 14. The Labute approximate surface area is 484 Å². The van der Waals surface area contributed by atoms with E-state index in [9.17, 15) is 28.8 Å². The predicted molar refractivity (Wildman–Crippen MR) is 309 cm³/mol. The highest BCUT2D eigenvalue weighted by atomic mass is 35.5. The fourth-order valence-corrected chi connectivity index (χ4v) is 9.31. The quantitative estimate of drug-likeness (QED) is 0.0764. The van der Waals surface area contributed by atoms with Gasteiger partial charge in [0.1, 0.15) is 46.2 Å². The molecule has 4 amide bonds. The number of hydrogen-bond acceptors (Lipinski definition) is 9. The average molecular weight is 1140 g/mol. The van der Waals surface area contributed by atoms with Gasteiger partial charge in [-0.15, -0.1) is 0 Å². The van der Waals surface area contributed by atoms with Gasteiger partial charge in [0.2, 0.25) is 0 Å². The standard InChI is InChI=1S/C63H47ClF2N14O4/c1-39-12-14-44(30-42(39)16-18-49-36-71-58-10-6-24-74-79(49)58)60(81)68-26-28-77-47(34-67)20-22-56(77)62(83)73-38-52-53(64)32-46(33-55(52)66)70-35-48-21-23-57(63(84)76-41(3)51-8-4-5-9-54(51)65)78(48)29-27-69-61(82)45-15-13-40(2)43(31-45)17-19-50-37-72-59-11-7-25-75-80(50)59/h4-15,20-25,30-33,36-37,41H,26-29,38H2,1-3H3,(H3-,68,69,73,76,81,82,83,84)/p+1. The summed E-state index contributed by atoms with van der Waals surface area (Å²) in [6.45, 7) is 5.25. The van der Waals surface area contributed by atoms with Gasteiger partial charge in [-0.3, -0.25) is 19.2 Å². The molecule has 0 aliphatic heterocycles. The van der Waals surface area contributed by atoms with Gasteiger partial charge in [-0.05, 0) is 127 Å². The number of fused-ring (bicyclic) bond motifs is 2. The van der Waals surface area contributed by atoms with E-state index in [1.165, 1.54) is 34.9 Å². The molecule has 21 heteroatoms. The fraction of sp³-hybridized carbons (Fsp3) is 0.143. The van der Waals surface area contributed by atoms with Crippen LogP contribution >= 0.6 is 11.6 Å². The molecular formula is C63H48ClF2N14O4+. The van der Waals surface area contributed by atoms with Crippen LogP contribution in [0.4, 0.5) is 14.5 Å². The minimum atomic E-state index is -0.797. The molecule has 0 aliphatic carbocycles. The minimum absolute atomic E-state index is 0.0325. The molecule has 6 aromatic heterocycles. The van der Waals surface area contributed by atoms with Crippen molar-refractivity contribution in [2.45, 2.75) is 46.4 Å². The van der Waals surface area contributed by atoms with Crippen molar-refractivity contribution in [3.05, 3.63) is 246 Å². The van der Waals surface area contributed by atoms with Crippen LogP contribution in [0, 0.1) is 66.6 Å². The number of aromatic nitrogens is 8. The number of carbonyl (C=O) groups is 4. The van der Waals surface area contributed by atoms with Crippen molar-refractivity contribution in [1.29, 1.82) is 5.26 Å². The maximum absolute atomic E-state index is 15.9. The van der Waals surface area contributed by atoms with Crippen LogP contribution in [-0.4, -0.2) is 75.0 Å². The topological polar surface area (TPSA) is 215 Å². The molecule has 4 aromatic carbocycles. The van der Waals surface area contributed by atoms with Gasteiger partial charge in [-0.1, -0.05) is 53.8 Å². The summed E-state index contributed by atoms with van der Waals surface area (Å²) < 4.78 is 36.9. The lowest BCUT2D eigenvalue weighted by atomic mass is 10.0. The third-order valence-electron chi connectivity index (χ3n) is 13.6. The van der Waals surface area contributed by atoms with Gasteiger partial charge in [0.15, 0.2) is 17.0 Å². The molecule has 0 aliphatic rings. The molecule has 0 fully saturated rings. The summed E-state index contributed by atoms with van der Waals surface area (Å²) in [5.41, 5.74) is 7.06. The molecule has 1 unspecified atom stereocenters. The highest BCUT2D eigenvalue weighted by Crippen LogP contribution is 2.27. The second-order valence-corrected chi connectivity index (χ2v) is 19.5. The summed E-state index contributed by atoms with van der Waals surface area (Å²) in [5.74, 6) is 9.12. The van der Waals surface area contributed by atoms with Gasteiger partial charge < -0.3 is 30.4 Å². The second-order valence-electron chi connectivity index (χ2n) is 19.1. The first-order valence-corrected chi connectivity index (χ1v) is 26.6. The molecule has 10 aromatic rings. The number of amides is 4. The smallest absolute Gasteiger partial charge is 0.345 e. The minimum Gasteiger partial charge on any atom is -0.350 e. The van der Waals surface area contributed by atoms with E-state index in [-0.39, 0.29) is 77.3 Å². The van der Waals surface area contributed by atoms with Crippen molar-refractivity contribution in [1.82, 2.24) is 59.6 Å². The molecule has 4 N–H and O–H groups in total. The molecule has 1 atom stereocenters. The Morgan fingerprint density at radius 1 is 0.619 bits per heavy atom. The highest BCUT2D eigenvalue weighted by Gasteiger charge is 2.23. The summed E-state index contributed by atoms with van der Waals surface area (Å²) in [4.78, 5) is 67.4. The number of nitrogens with one attached hydrogen (secondary N) is 4. The van der Waals surface area contributed by atoms with E-state index < -0.39 is 41.3 Å². The number of nitriles is 1. The SMILES string of the molecule is Cc1ccc(C(=O)NCCn2c(C#N)ccc2C(=O)NCc2c(F)cc([N+]#Cc3ccc(C(=O)NC(C)c4ccccc4F)n3CCNC(=O)c3ccc(C)c(C#Cc4cnc5cccnn45)c3)cc2Cl)cc1C#Cc1cnc2cccnn12. The third kappa shape index (κ3) is 12.6. The molecule has 18 nitrogen and oxygen atoms in total. The number of halogens is 3. The molecule has 0 spiro atoms. The largest absolute Gasteiger partial charge is 0.350 e. The van der Waals surface area contributed by atoms with Crippen molar-refractivity contribution in [2.75, 3.05) is 13.1 Å². The summed E-state index contributed by atoms with van der Waals surface area (Å²) >= 11 is 6.63. The first-order valence-electron chi connectivity index (χ1n) is 26.2. The van der Waals surface area contributed by atoms with Gasteiger partial charge in [-0.25, -0.2) is 27.8 Å². The van der Waals surface area contributed by atoms with E-state index in [1.807, 2.05) is 26.0 Å². The van der Waals surface area contributed by atoms with Crippen LogP contribution in [0.1, 0.15) is 111 Å². The zero-order chi connectivity index (χ0) is 58.9. The Morgan fingerprint density at radius 3 is 1.75 bits per heavy atom. The molecule has 414 valence electrons. The Balaban J connectivity index is 0.799. The maximum atomic E-state index is 15.9. The Bertz CT molecular complexity index is 4470. The number of carbonyl (C=O) groups excluding carboxylic acids is 4. The van der Waals surface area contributed by atoms with Crippen molar-refractivity contribution < 1.29 is 28.0 Å². The summed E-state index contributed by atoms with van der Waals surface area (Å²) in [6.07, 6.45) is 6.52. The Kier molecular flexibility index (Phi) is 16.8. The van der Waals surface area contributed by atoms with E-state index in [0.717, 1.165) is 17.2 Å². The predicted octanol–water partition coefficient (Wildman–Crippen LogP) is 8.89. The summed E-state index contributed by atoms with van der Waals surface area (Å²) in [6, 6.07) is 36.3. The van der Waals surface area contributed by atoms with Gasteiger partial charge in [0.05, 0.1) is 29.5 Å². The van der Waals surface area contributed by atoms with Crippen LogP contribution in [-0.2, 0) is 19.6 Å². The first-order chi connectivity index (χ1) is 40.7. The number of nitrogens with zero attached hydrogens (tertiary/aromatic N) is 10. The molecular weight excluding hydrogens is 1090 g/mol. The lowest BCUT2D eigenvalue weighted by Gasteiger charge is -2.16. The van der Waals surface area contributed by atoms with Crippen molar-refractivity contribution in [3.8, 4) is 35.8 Å². The Hall–Kier alpha value is -11.2. The third-order valence-corrected chi connectivity index (χ3v) is 13.9. The normalized spacial score (nSPS) is 11.1. The number of imidazole rings is 2. The van der Waals surface area contributed by atoms with Crippen molar-refractivity contribution in [3.63, 3.8) is 0 Å². The number of benzene rings is 4. The van der Waals surface area contributed by atoms with Gasteiger partial charge >= 0.3 is 11.8 Å². The van der Waals surface area contributed by atoms with Crippen molar-refractivity contribution in [2.24, 2.45) is 0 Å². The van der Waals surface area contributed by atoms with E-state index in [1.54, 1.807) is 118 Å². The van der Waals surface area contributed by atoms with Gasteiger partial charge in [-0.2, -0.15) is 15.5 Å². The molecule has 0 bridgehead atoms. The van der Waals surface area contributed by atoms with Crippen LogP contribution in [0.2, 0.25) is 5.02 Å². The van der Waals surface area contributed by atoms with Crippen LogP contribution < -0.4 is 21.3 Å². The average Bonchev–Trinajstić information content (AvgIpc) is 4.40. The van der Waals surface area contributed by atoms with Gasteiger partial charge in [0.25, 0.3) is 23.6 Å². The second kappa shape index (κ2) is 25.1. The number of aryl methyl sites for hydroxylation is 2. The van der Waals surface area contributed by atoms with Crippen LogP contribution in [0.5, 0.6) is 0 Å². The maximum Gasteiger partial charge on any atom is 0.345 e. The van der Waals surface area contributed by atoms with Gasteiger partial charge in [0, 0.05) is 84.6 Å². The summed E-state index contributed by atoms with van der Waals surface area (Å²) in [7, 11) is 0. The molecule has 0 saturated heterocycles. The molecule has 0 radical (unpaired) electrons. The zero-order valence-electron chi connectivity index (χ0n) is 45.2. The first kappa shape index (κ1) is 56.1.